The van der Waals surface area contributed by atoms with Gasteiger partial charge in [0.2, 0.25) is 0 Å². The van der Waals surface area contributed by atoms with Gasteiger partial charge in [-0.3, -0.25) is 14.9 Å². The van der Waals surface area contributed by atoms with Crippen molar-refractivity contribution in [3.05, 3.63) is 47.2 Å². The topological polar surface area (TPSA) is 107 Å². The van der Waals surface area contributed by atoms with Crippen LogP contribution in [0.1, 0.15) is 30.3 Å². The van der Waals surface area contributed by atoms with Crippen LogP contribution in [-0.4, -0.2) is 53.6 Å². The van der Waals surface area contributed by atoms with Gasteiger partial charge in [0.1, 0.15) is 11.5 Å². The van der Waals surface area contributed by atoms with Gasteiger partial charge in [0, 0.05) is 24.0 Å². The Hall–Kier alpha value is -3.67. The first-order valence-electron chi connectivity index (χ1n) is 10.9. The third-order valence-electron chi connectivity index (χ3n) is 5.53. The van der Waals surface area contributed by atoms with Gasteiger partial charge in [0.25, 0.3) is 5.91 Å². The molecule has 1 aromatic carbocycles. The Morgan fingerprint density at radius 3 is 2.49 bits per heavy atom. The lowest BCUT2D eigenvalue weighted by Crippen LogP contribution is -2.37. The smallest absolute Gasteiger partial charge is 0.309 e. The minimum absolute atomic E-state index is 0.0912. The molecule has 3 aromatic rings. The zero-order valence-electron chi connectivity index (χ0n) is 19.1. The number of esters is 1. The van der Waals surface area contributed by atoms with Gasteiger partial charge < -0.3 is 14.4 Å². The maximum absolute atomic E-state index is 14.0. The fraction of sp³-hybridized carbons (Fsp3) is 0.348. The van der Waals surface area contributed by atoms with Crippen LogP contribution >= 0.6 is 11.3 Å². The molecule has 0 spiro atoms. The third-order valence-corrected chi connectivity index (χ3v) is 6.29. The van der Waals surface area contributed by atoms with Crippen molar-refractivity contribution in [3.8, 4) is 17.0 Å². The number of nitrogens with zero attached hydrogens (tertiary/aromatic N) is 4. The fourth-order valence-corrected chi connectivity index (χ4v) is 4.45. The molecular formula is C23H23F2N5O4S. The number of aromatic nitrogens is 3. The molecule has 2 aromatic heterocycles. The van der Waals surface area contributed by atoms with Gasteiger partial charge >= 0.3 is 5.97 Å². The predicted octanol–water partition coefficient (Wildman–Crippen LogP) is 3.92. The zero-order chi connectivity index (χ0) is 24.9. The van der Waals surface area contributed by atoms with Gasteiger partial charge in [0.15, 0.2) is 22.5 Å². The molecule has 0 unspecified atom stereocenters. The first kappa shape index (κ1) is 24.5. The number of hydrogen-bond donors (Lipinski definition) is 1. The highest BCUT2D eigenvalue weighted by molar-refractivity contribution is 7.14. The molecule has 9 nitrogen and oxygen atoms in total. The van der Waals surface area contributed by atoms with E-state index in [4.69, 9.17) is 4.74 Å². The molecule has 0 atom stereocenters. The van der Waals surface area contributed by atoms with Crippen LogP contribution in [0.5, 0.6) is 5.75 Å². The van der Waals surface area contributed by atoms with Gasteiger partial charge in [-0.2, -0.15) is 0 Å². The first-order chi connectivity index (χ1) is 16.9. The number of halogens is 2. The number of ether oxygens (including phenoxy) is 2. The summed E-state index contributed by atoms with van der Waals surface area (Å²) in [5.41, 5.74) is 0.611. The lowest BCUT2D eigenvalue weighted by atomic mass is 9.97. The molecule has 1 fully saturated rings. The van der Waals surface area contributed by atoms with E-state index < -0.39 is 23.3 Å². The van der Waals surface area contributed by atoms with E-state index in [-0.39, 0.29) is 28.3 Å². The molecule has 184 valence electrons. The number of amides is 1. The molecule has 3 heterocycles. The summed E-state index contributed by atoms with van der Waals surface area (Å²) in [7, 11) is 1.18. The first-order valence-corrected chi connectivity index (χ1v) is 11.8. The lowest BCUT2D eigenvalue weighted by Gasteiger charge is -2.31. The van der Waals surface area contributed by atoms with Crippen LogP contribution in [0.2, 0.25) is 0 Å². The van der Waals surface area contributed by atoms with Crippen molar-refractivity contribution in [3.63, 3.8) is 0 Å². The Labute approximate surface area is 204 Å². The number of thiazole rings is 1. The van der Waals surface area contributed by atoms with Gasteiger partial charge in [-0.15, -0.1) is 11.3 Å². The average molecular weight is 504 g/mol. The third kappa shape index (κ3) is 5.53. The number of carbonyl (C=O) groups excluding carboxylic acids is 2. The molecule has 1 aliphatic rings. The zero-order valence-corrected chi connectivity index (χ0v) is 19.9. The summed E-state index contributed by atoms with van der Waals surface area (Å²) in [5, 5.41) is 4.44. The minimum atomic E-state index is -0.846. The summed E-state index contributed by atoms with van der Waals surface area (Å²) < 4.78 is 37.8. The highest BCUT2D eigenvalue weighted by Gasteiger charge is 2.27. The minimum Gasteiger partial charge on any atom is -0.491 e. The normalized spacial score (nSPS) is 14.0. The van der Waals surface area contributed by atoms with Crippen LogP contribution in [0, 0.1) is 17.6 Å². The quantitative estimate of drug-likeness (QED) is 0.484. The maximum atomic E-state index is 14.0. The fourth-order valence-electron chi connectivity index (χ4n) is 3.73. The van der Waals surface area contributed by atoms with E-state index in [0.29, 0.717) is 44.0 Å². The summed E-state index contributed by atoms with van der Waals surface area (Å²) in [4.78, 5) is 39.2. The molecule has 1 amide bonds. The summed E-state index contributed by atoms with van der Waals surface area (Å²) >= 11 is 1.11. The second kappa shape index (κ2) is 10.7. The molecule has 0 radical (unpaired) electrons. The number of benzene rings is 1. The van der Waals surface area contributed by atoms with Gasteiger partial charge in [0.05, 0.1) is 37.7 Å². The predicted molar refractivity (Wildman–Crippen MR) is 126 cm³/mol. The van der Waals surface area contributed by atoms with Crippen LogP contribution in [0.3, 0.4) is 0 Å². The molecule has 0 aliphatic carbocycles. The SMILES string of the molecule is CCOC(=O)C1CCN(c2cnc(C(=O)Nc3nc(-c4cc(F)c(OC)c(F)c4)cs3)cn2)CC1. The number of carbonyl (C=O) groups is 2. The Balaban J connectivity index is 1.37. The maximum Gasteiger partial charge on any atom is 0.309 e. The van der Waals surface area contributed by atoms with Crippen LogP contribution in [0.15, 0.2) is 29.9 Å². The average Bonchev–Trinajstić information content (AvgIpc) is 3.33. The van der Waals surface area contributed by atoms with E-state index in [0.717, 1.165) is 23.5 Å². The van der Waals surface area contributed by atoms with Gasteiger partial charge in [-0.05, 0) is 31.9 Å². The molecule has 1 saturated heterocycles. The largest absolute Gasteiger partial charge is 0.491 e. The van der Waals surface area contributed by atoms with Crippen molar-refractivity contribution in [2.24, 2.45) is 5.92 Å². The van der Waals surface area contributed by atoms with E-state index in [2.05, 4.69) is 25.0 Å². The van der Waals surface area contributed by atoms with Crippen LogP contribution in [-0.2, 0) is 9.53 Å². The number of rotatable bonds is 7. The van der Waals surface area contributed by atoms with Crippen LogP contribution < -0.4 is 15.0 Å². The van der Waals surface area contributed by atoms with E-state index >= 15 is 0 Å². The number of methoxy groups -OCH3 is 1. The summed E-state index contributed by atoms with van der Waals surface area (Å²) in [6.07, 6.45) is 4.20. The van der Waals surface area contributed by atoms with Crippen LogP contribution in [0.4, 0.5) is 19.7 Å². The molecule has 0 bridgehead atoms. The highest BCUT2D eigenvalue weighted by atomic mass is 32.1. The molecular weight excluding hydrogens is 480 g/mol. The van der Waals surface area contributed by atoms with E-state index in [1.165, 1.54) is 19.5 Å². The molecule has 35 heavy (non-hydrogen) atoms. The molecule has 4 rings (SSSR count). The Bertz CT molecular complexity index is 1190. The lowest BCUT2D eigenvalue weighted by molar-refractivity contribution is -0.148. The molecule has 1 N–H and O–H groups in total. The van der Waals surface area contributed by atoms with Crippen molar-refractivity contribution < 1.29 is 27.8 Å². The summed E-state index contributed by atoms with van der Waals surface area (Å²) in [6, 6.07) is 2.23. The van der Waals surface area contributed by atoms with Gasteiger partial charge in [-0.25, -0.2) is 23.7 Å². The molecule has 12 heteroatoms. The monoisotopic (exact) mass is 503 g/mol. The second-order valence-electron chi connectivity index (χ2n) is 7.74. The summed E-state index contributed by atoms with van der Waals surface area (Å²) in [5.74, 6) is -2.34. The van der Waals surface area contributed by atoms with Crippen LogP contribution in [0.25, 0.3) is 11.3 Å². The number of anilines is 2. The van der Waals surface area contributed by atoms with Crippen molar-refractivity contribution in [1.29, 1.82) is 0 Å². The van der Waals surface area contributed by atoms with Crippen molar-refractivity contribution in [2.75, 3.05) is 37.0 Å². The van der Waals surface area contributed by atoms with E-state index in [1.54, 1.807) is 12.3 Å². The molecule has 0 saturated carbocycles. The Morgan fingerprint density at radius 1 is 1.17 bits per heavy atom. The van der Waals surface area contributed by atoms with Crippen molar-refractivity contribution >= 4 is 34.2 Å². The Kier molecular flexibility index (Phi) is 7.49. The second-order valence-corrected chi connectivity index (χ2v) is 8.60. The summed E-state index contributed by atoms with van der Waals surface area (Å²) in [6.45, 7) is 3.43. The highest BCUT2D eigenvalue weighted by Crippen LogP contribution is 2.31. The number of nitrogens with one attached hydrogen (secondary N) is 1. The Morgan fingerprint density at radius 2 is 1.89 bits per heavy atom. The van der Waals surface area contributed by atoms with Crippen molar-refractivity contribution in [1.82, 2.24) is 15.0 Å². The van der Waals surface area contributed by atoms with E-state index in [9.17, 15) is 18.4 Å². The number of piperidine rings is 1. The van der Waals surface area contributed by atoms with Crippen molar-refractivity contribution in [2.45, 2.75) is 19.8 Å². The number of hydrogen-bond acceptors (Lipinski definition) is 9. The van der Waals surface area contributed by atoms with Gasteiger partial charge in [-0.1, -0.05) is 0 Å². The standard InChI is InChI=1S/C23H23F2N5O4S/c1-3-34-22(32)13-4-6-30(7-5-13)19-11-26-17(10-27-19)21(31)29-23-28-18(12-35-23)14-8-15(24)20(33-2)16(25)9-14/h8-13H,3-7H2,1-2H3,(H,28,29,31). The van der Waals surface area contributed by atoms with E-state index in [1.807, 2.05) is 4.90 Å². The molecule has 1 aliphatic heterocycles.